The molecule has 0 aromatic carbocycles. The SMILES string of the molecule is [B]CCC(=O)OC. The van der Waals surface area contributed by atoms with Gasteiger partial charge in [-0.15, -0.1) is 0 Å². The summed E-state index contributed by atoms with van der Waals surface area (Å²) < 4.78 is 4.27. The van der Waals surface area contributed by atoms with Crippen LogP contribution in [0.2, 0.25) is 6.32 Å². The molecule has 0 aromatic heterocycles. The van der Waals surface area contributed by atoms with Crippen LogP contribution >= 0.6 is 0 Å². The molecule has 2 radical (unpaired) electrons. The van der Waals surface area contributed by atoms with Crippen molar-refractivity contribution in [3.63, 3.8) is 0 Å². The molecular formula is C4H7BO2. The minimum absolute atomic E-state index is 0.248. The van der Waals surface area contributed by atoms with Crippen molar-refractivity contribution in [3.8, 4) is 0 Å². The standard InChI is InChI=1S/C4H7BO2/c1-7-4(6)2-3-5/h2-3H2,1H3. The van der Waals surface area contributed by atoms with Crippen molar-refractivity contribution in [3.05, 3.63) is 0 Å². The minimum Gasteiger partial charge on any atom is -0.469 e. The van der Waals surface area contributed by atoms with E-state index in [4.69, 9.17) is 7.85 Å². The second-order valence-corrected chi connectivity index (χ2v) is 1.11. The molecular weight excluding hydrogens is 90.9 g/mol. The van der Waals surface area contributed by atoms with Gasteiger partial charge in [0.1, 0.15) is 0 Å². The topological polar surface area (TPSA) is 26.3 Å². The fourth-order valence-corrected chi connectivity index (χ4v) is 0.220. The lowest BCUT2D eigenvalue weighted by molar-refractivity contribution is -0.140. The molecule has 3 heteroatoms. The van der Waals surface area contributed by atoms with Crippen molar-refractivity contribution in [1.29, 1.82) is 0 Å². The molecule has 0 saturated heterocycles. The average Bonchev–Trinajstić information content (AvgIpc) is 1.68. The van der Waals surface area contributed by atoms with Crippen LogP contribution in [0.5, 0.6) is 0 Å². The van der Waals surface area contributed by atoms with Crippen LogP contribution in [0.1, 0.15) is 6.42 Å². The van der Waals surface area contributed by atoms with E-state index in [9.17, 15) is 4.79 Å². The molecule has 2 nitrogen and oxygen atoms in total. The van der Waals surface area contributed by atoms with E-state index in [1.165, 1.54) is 7.11 Å². The molecule has 0 spiro atoms. The fraction of sp³-hybridized carbons (Fsp3) is 0.750. The summed E-state index contributed by atoms with van der Waals surface area (Å²) in [4.78, 5) is 10.1. The minimum atomic E-state index is -0.248. The summed E-state index contributed by atoms with van der Waals surface area (Å²) in [6, 6.07) is 0. The summed E-state index contributed by atoms with van der Waals surface area (Å²) >= 11 is 0. The number of methoxy groups -OCH3 is 1. The van der Waals surface area contributed by atoms with Crippen LogP contribution in [0.15, 0.2) is 0 Å². The largest absolute Gasteiger partial charge is 0.469 e. The van der Waals surface area contributed by atoms with E-state index >= 15 is 0 Å². The number of carbonyl (C=O) groups excluding carboxylic acids is 1. The van der Waals surface area contributed by atoms with Crippen LogP contribution in [0.25, 0.3) is 0 Å². The highest BCUT2D eigenvalue weighted by molar-refractivity contribution is 6.09. The summed E-state index contributed by atoms with van der Waals surface area (Å²) in [7, 11) is 6.35. The Bertz CT molecular complexity index is 62.7. The van der Waals surface area contributed by atoms with Crippen molar-refractivity contribution in [2.24, 2.45) is 0 Å². The van der Waals surface area contributed by atoms with E-state index < -0.39 is 0 Å². The highest BCUT2D eigenvalue weighted by atomic mass is 16.5. The smallest absolute Gasteiger partial charge is 0.304 e. The molecule has 38 valence electrons. The van der Waals surface area contributed by atoms with Crippen LogP contribution in [-0.4, -0.2) is 20.9 Å². The van der Waals surface area contributed by atoms with Crippen LogP contribution in [0, 0.1) is 0 Å². The molecule has 0 heterocycles. The van der Waals surface area contributed by atoms with Crippen molar-refractivity contribution in [2.45, 2.75) is 12.7 Å². The van der Waals surface area contributed by atoms with Gasteiger partial charge < -0.3 is 4.74 Å². The molecule has 0 saturated carbocycles. The third-order valence-corrected chi connectivity index (χ3v) is 0.576. The predicted molar refractivity (Wildman–Crippen MR) is 27.2 cm³/mol. The molecule has 0 bridgehead atoms. The van der Waals surface area contributed by atoms with Gasteiger partial charge in [0, 0.05) is 6.42 Å². The van der Waals surface area contributed by atoms with Crippen molar-refractivity contribution in [2.75, 3.05) is 7.11 Å². The van der Waals surface area contributed by atoms with Crippen molar-refractivity contribution < 1.29 is 9.53 Å². The molecule has 0 N–H and O–H groups in total. The molecule has 0 fully saturated rings. The zero-order valence-corrected chi connectivity index (χ0v) is 4.31. The van der Waals surface area contributed by atoms with E-state index in [0.717, 1.165) is 0 Å². The number of carbonyl (C=O) groups is 1. The molecule has 0 aliphatic rings. The van der Waals surface area contributed by atoms with Crippen molar-refractivity contribution in [1.82, 2.24) is 0 Å². The van der Waals surface area contributed by atoms with E-state index in [1.54, 1.807) is 0 Å². The zero-order chi connectivity index (χ0) is 5.70. The first kappa shape index (κ1) is 6.53. The monoisotopic (exact) mass is 98.1 g/mol. The van der Waals surface area contributed by atoms with E-state index in [1.807, 2.05) is 0 Å². The maximum atomic E-state index is 10.1. The van der Waals surface area contributed by atoms with Gasteiger partial charge in [0.25, 0.3) is 0 Å². The lowest BCUT2D eigenvalue weighted by Gasteiger charge is -1.91. The van der Waals surface area contributed by atoms with E-state index in [0.29, 0.717) is 12.7 Å². The second kappa shape index (κ2) is 3.72. The fourth-order valence-electron chi connectivity index (χ4n) is 0.220. The highest BCUT2D eigenvalue weighted by Crippen LogP contribution is 1.85. The number of hydrogen-bond acceptors (Lipinski definition) is 2. The Kier molecular flexibility index (Phi) is 3.47. The molecule has 0 aromatic rings. The van der Waals surface area contributed by atoms with E-state index in [2.05, 4.69) is 4.74 Å². The summed E-state index contributed by atoms with van der Waals surface area (Å²) in [6.07, 6.45) is 0.684. The second-order valence-electron chi connectivity index (χ2n) is 1.11. The van der Waals surface area contributed by atoms with Gasteiger partial charge in [-0.2, -0.15) is 0 Å². The molecule has 0 amide bonds. The summed E-state index contributed by atoms with van der Waals surface area (Å²) in [5, 5.41) is 0. The Hall–Kier alpha value is -0.465. The lowest BCUT2D eigenvalue weighted by Crippen LogP contribution is -1.97. The van der Waals surface area contributed by atoms with Gasteiger partial charge in [-0.25, -0.2) is 0 Å². The Balaban J connectivity index is 3.00. The number of ether oxygens (including phenoxy) is 1. The third-order valence-electron chi connectivity index (χ3n) is 0.576. The quantitative estimate of drug-likeness (QED) is 0.362. The molecule has 0 aliphatic carbocycles. The molecule has 7 heavy (non-hydrogen) atoms. The van der Waals surface area contributed by atoms with Gasteiger partial charge in [-0.05, 0) is 0 Å². The maximum absolute atomic E-state index is 10.1. The molecule has 0 aliphatic heterocycles. The number of hydrogen-bond donors (Lipinski definition) is 0. The summed E-state index contributed by atoms with van der Waals surface area (Å²) in [5.41, 5.74) is 0. The Morgan fingerprint density at radius 3 is 2.57 bits per heavy atom. The molecule has 0 unspecified atom stereocenters. The van der Waals surface area contributed by atoms with Crippen molar-refractivity contribution >= 4 is 13.8 Å². The van der Waals surface area contributed by atoms with Gasteiger partial charge in [0.2, 0.25) is 0 Å². The number of rotatable bonds is 2. The molecule has 0 rings (SSSR count). The maximum Gasteiger partial charge on any atom is 0.304 e. The summed E-state index contributed by atoms with van der Waals surface area (Å²) in [6.45, 7) is 0. The van der Waals surface area contributed by atoms with Crippen LogP contribution in [0.4, 0.5) is 0 Å². The van der Waals surface area contributed by atoms with Gasteiger partial charge >= 0.3 is 5.97 Å². The average molecular weight is 97.9 g/mol. The number of esters is 1. The first-order valence-electron chi connectivity index (χ1n) is 2.08. The first-order chi connectivity index (χ1) is 3.31. The van der Waals surface area contributed by atoms with E-state index in [-0.39, 0.29) is 5.97 Å². The Morgan fingerprint density at radius 2 is 2.43 bits per heavy atom. The Morgan fingerprint density at radius 1 is 1.86 bits per heavy atom. The van der Waals surface area contributed by atoms with Crippen LogP contribution in [-0.2, 0) is 9.53 Å². The lowest BCUT2D eigenvalue weighted by atomic mass is 10.0. The highest BCUT2D eigenvalue weighted by Gasteiger charge is 1.92. The van der Waals surface area contributed by atoms with Gasteiger partial charge in [-0.1, -0.05) is 6.32 Å². The van der Waals surface area contributed by atoms with Gasteiger partial charge in [-0.3, -0.25) is 4.79 Å². The van der Waals surface area contributed by atoms with Gasteiger partial charge in [0.15, 0.2) is 0 Å². The zero-order valence-electron chi connectivity index (χ0n) is 4.31. The Labute approximate surface area is 44.3 Å². The van der Waals surface area contributed by atoms with Crippen LogP contribution < -0.4 is 0 Å². The summed E-state index contributed by atoms with van der Waals surface area (Å²) in [5.74, 6) is -0.248. The van der Waals surface area contributed by atoms with Gasteiger partial charge in [0.05, 0.1) is 15.0 Å². The third kappa shape index (κ3) is 3.36. The molecule has 0 atom stereocenters. The normalized spacial score (nSPS) is 8.14. The van der Waals surface area contributed by atoms with Crippen LogP contribution in [0.3, 0.4) is 0 Å². The first-order valence-corrected chi connectivity index (χ1v) is 2.08. The predicted octanol–water partition coefficient (Wildman–Crippen LogP) is 0.136.